The van der Waals surface area contributed by atoms with E-state index in [1.165, 1.54) is 16.9 Å². The quantitative estimate of drug-likeness (QED) is 0.645. The number of hydrogen-bond donors (Lipinski definition) is 2. The van der Waals surface area contributed by atoms with Crippen molar-refractivity contribution in [3.8, 4) is 5.75 Å². The van der Waals surface area contributed by atoms with Crippen molar-refractivity contribution >= 4 is 34.5 Å². The Labute approximate surface area is 172 Å². The lowest BCUT2D eigenvalue weighted by molar-refractivity contribution is -0.117. The fourth-order valence-corrected chi connectivity index (χ4v) is 3.81. The van der Waals surface area contributed by atoms with Crippen LogP contribution in [0.5, 0.6) is 5.75 Å². The Morgan fingerprint density at radius 2 is 2.03 bits per heavy atom. The zero-order valence-corrected chi connectivity index (χ0v) is 16.8. The van der Waals surface area contributed by atoms with Crippen molar-refractivity contribution in [3.05, 3.63) is 69.7 Å². The summed E-state index contributed by atoms with van der Waals surface area (Å²) in [7, 11) is 0. The van der Waals surface area contributed by atoms with Gasteiger partial charge in [-0.25, -0.2) is 4.98 Å². The van der Waals surface area contributed by atoms with Crippen LogP contribution in [0.3, 0.4) is 0 Å². The molecule has 0 aliphatic carbocycles. The van der Waals surface area contributed by atoms with Crippen molar-refractivity contribution in [2.24, 2.45) is 0 Å². The molecule has 1 aromatic heterocycles. The van der Waals surface area contributed by atoms with Gasteiger partial charge < -0.3 is 15.4 Å². The summed E-state index contributed by atoms with van der Waals surface area (Å²) in [6, 6.07) is 13.4. The maximum absolute atomic E-state index is 12.4. The van der Waals surface area contributed by atoms with E-state index in [0.29, 0.717) is 19.4 Å². The number of amides is 2. The normalized spacial score (nSPS) is 12.8. The molecule has 2 amide bonds. The van der Waals surface area contributed by atoms with E-state index in [9.17, 15) is 9.59 Å². The van der Waals surface area contributed by atoms with Gasteiger partial charge in [0.15, 0.2) is 0 Å². The van der Waals surface area contributed by atoms with Crippen LogP contribution >= 0.6 is 11.3 Å². The SMILES string of the molecule is Cc1ccc(OCc2nc(CC(=O)Nc3ccc4c(c3)CCC(=O)N4)cs2)cc1. The van der Waals surface area contributed by atoms with Crippen LogP contribution in [0.1, 0.15) is 28.2 Å². The standard InChI is InChI=1S/C22H21N3O3S/c1-14-2-6-18(7-3-14)28-12-22-24-17(13-29-22)11-21(27)23-16-5-8-19-15(10-16)4-9-20(26)25-19/h2-3,5-8,10,13H,4,9,11-12H2,1H3,(H,23,27)(H,25,26). The number of benzene rings is 2. The molecule has 0 saturated heterocycles. The Morgan fingerprint density at radius 3 is 2.86 bits per heavy atom. The summed E-state index contributed by atoms with van der Waals surface area (Å²) in [5.41, 5.74) is 4.48. The fourth-order valence-electron chi connectivity index (χ4n) is 3.11. The van der Waals surface area contributed by atoms with Gasteiger partial charge in [0.25, 0.3) is 0 Å². The zero-order valence-electron chi connectivity index (χ0n) is 16.0. The van der Waals surface area contributed by atoms with E-state index in [-0.39, 0.29) is 18.2 Å². The van der Waals surface area contributed by atoms with Crippen LogP contribution in [-0.2, 0) is 29.0 Å². The van der Waals surface area contributed by atoms with Crippen molar-refractivity contribution in [1.29, 1.82) is 0 Å². The Balaban J connectivity index is 1.31. The molecule has 0 saturated carbocycles. The maximum atomic E-state index is 12.4. The molecule has 7 heteroatoms. The number of nitrogens with zero attached hydrogens (tertiary/aromatic N) is 1. The van der Waals surface area contributed by atoms with E-state index in [2.05, 4.69) is 15.6 Å². The third-order valence-electron chi connectivity index (χ3n) is 4.61. The molecule has 0 atom stereocenters. The highest BCUT2D eigenvalue weighted by molar-refractivity contribution is 7.09. The summed E-state index contributed by atoms with van der Waals surface area (Å²) in [5, 5.41) is 8.46. The van der Waals surface area contributed by atoms with E-state index in [1.807, 2.05) is 48.7 Å². The summed E-state index contributed by atoms with van der Waals surface area (Å²) in [6.07, 6.45) is 1.35. The lowest BCUT2D eigenvalue weighted by Gasteiger charge is -2.17. The fraction of sp³-hybridized carbons (Fsp3) is 0.227. The second kappa shape index (κ2) is 8.45. The van der Waals surface area contributed by atoms with Crippen molar-refractivity contribution in [2.45, 2.75) is 32.8 Å². The van der Waals surface area contributed by atoms with E-state index in [0.717, 1.165) is 33.4 Å². The van der Waals surface area contributed by atoms with Gasteiger partial charge in [-0.1, -0.05) is 17.7 Å². The predicted molar refractivity (Wildman–Crippen MR) is 113 cm³/mol. The van der Waals surface area contributed by atoms with Gasteiger partial charge in [0.1, 0.15) is 17.4 Å². The summed E-state index contributed by atoms with van der Waals surface area (Å²) >= 11 is 1.48. The molecule has 3 aromatic rings. The Bertz CT molecular complexity index is 1040. The molecular weight excluding hydrogens is 386 g/mol. The molecule has 2 N–H and O–H groups in total. The summed E-state index contributed by atoms with van der Waals surface area (Å²) < 4.78 is 5.74. The summed E-state index contributed by atoms with van der Waals surface area (Å²) in [5.74, 6) is 0.703. The first kappa shape index (κ1) is 19.1. The Hall–Kier alpha value is -3.19. The number of rotatable bonds is 6. The lowest BCUT2D eigenvalue weighted by atomic mass is 10.0. The van der Waals surface area contributed by atoms with Gasteiger partial charge in [-0.2, -0.15) is 0 Å². The van der Waals surface area contributed by atoms with Crippen LogP contribution in [0.2, 0.25) is 0 Å². The van der Waals surface area contributed by atoms with Crippen molar-refractivity contribution in [2.75, 3.05) is 10.6 Å². The van der Waals surface area contributed by atoms with E-state index in [4.69, 9.17) is 4.74 Å². The molecule has 0 fully saturated rings. The summed E-state index contributed by atoms with van der Waals surface area (Å²) in [6.45, 7) is 2.41. The van der Waals surface area contributed by atoms with Gasteiger partial charge in [-0.05, 0) is 49.2 Å². The highest BCUT2D eigenvalue weighted by Crippen LogP contribution is 2.26. The van der Waals surface area contributed by atoms with Crippen molar-refractivity contribution in [3.63, 3.8) is 0 Å². The first-order chi connectivity index (χ1) is 14.0. The van der Waals surface area contributed by atoms with Gasteiger partial charge in [-0.15, -0.1) is 11.3 Å². The minimum Gasteiger partial charge on any atom is -0.486 e. The maximum Gasteiger partial charge on any atom is 0.230 e. The molecule has 0 radical (unpaired) electrons. The first-order valence-electron chi connectivity index (χ1n) is 9.40. The van der Waals surface area contributed by atoms with Gasteiger partial charge >= 0.3 is 0 Å². The van der Waals surface area contributed by atoms with E-state index >= 15 is 0 Å². The van der Waals surface area contributed by atoms with E-state index in [1.54, 1.807) is 6.07 Å². The number of carbonyl (C=O) groups is 2. The van der Waals surface area contributed by atoms with Gasteiger partial charge in [-0.3, -0.25) is 9.59 Å². The van der Waals surface area contributed by atoms with Crippen LogP contribution in [0.4, 0.5) is 11.4 Å². The molecule has 1 aliphatic rings. The molecule has 4 rings (SSSR count). The van der Waals surface area contributed by atoms with Gasteiger partial charge in [0.2, 0.25) is 11.8 Å². The van der Waals surface area contributed by atoms with Crippen molar-refractivity contribution < 1.29 is 14.3 Å². The predicted octanol–water partition coefficient (Wildman–Crippen LogP) is 4.10. The topological polar surface area (TPSA) is 80.3 Å². The number of aryl methyl sites for hydroxylation is 2. The largest absolute Gasteiger partial charge is 0.486 e. The van der Waals surface area contributed by atoms with E-state index < -0.39 is 0 Å². The number of carbonyl (C=O) groups excluding carboxylic acids is 2. The lowest BCUT2D eigenvalue weighted by Crippen LogP contribution is -2.20. The second-order valence-corrected chi connectivity index (χ2v) is 7.92. The molecule has 1 aliphatic heterocycles. The monoisotopic (exact) mass is 407 g/mol. The first-order valence-corrected chi connectivity index (χ1v) is 10.3. The molecule has 0 bridgehead atoms. The number of nitrogens with one attached hydrogen (secondary N) is 2. The third kappa shape index (κ3) is 5.00. The molecular formula is C22H21N3O3S. The van der Waals surface area contributed by atoms with Gasteiger partial charge in [0.05, 0.1) is 12.1 Å². The summed E-state index contributed by atoms with van der Waals surface area (Å²) in [4.78, 5) is 28.3. The number of hydrogen-bond acceptors (Lipinski definition) is 5. The molecule has 2 aromatic carbocycles. The number of ether oxygens (including phenoxy) is 1. The number of thiazole rings is 1. The Morgan fingerprint density at radius 1 is 1.21 bits per heavy atom. The number of anilines is 2. The third-order valence-corrected chi connectivity index (χ3v) is 5.48. The van der Waals surface area contributed by atoms with Crippen molar-refractivity contribution in [1.82, 2.24) is 4.98 Å². The highest BCUT2D eigenvalue weighted by atomic mass is 32.1. The zero-order chi connectivity index (χ0) is 20.2. The second-order valence-electron chi connectivity index (χ2n) is 6.98. The molecule has 29 heavy (non-hydrogen) atoms. The minimum atomic E-state index is -0.124. The average molecular weight is 407 g/mol. The molecule has 0 unspecified atom stereocenters. The van der Waals surface area contributed by atoms with Crippen LogP contribution in [0.25, 0.3) is 0 Å². The minimum absolute atomic E-state index is 0.0278. The smallest absolute Gasteiger partial charge is 0.230 e. The molecule has 148 valence electrons. The Kier molecular flexibility index (Phi) is 5.57. The highest BCUT2D eigenvalue weighted by Gasteiger charge is 2.15. The molecule has 6 nitrogen and oxygen atoms in total. The van der Waals surface area contributed by atoms with Crippen LogP contribution in [0, 0.1) is 6.92 Å². The molecule has 0 spiro atoms. The number of aromatic nitrogens is 1. The number of fused-ring (bicyclic) bond motifs is 1. The van der Waals surface area contributed by atoms with Crippen LogP contribution < -0.4 is 15.4 Å². The average Bonchev–Trinajstić information content (AvgIpc) is 3.15. The van der Waals surface area contributed by atoms with Gasteiger partial charge in [0, 0.05) is 23.2 Å². The van der Waals surface area contributed by atoms with Crippen LogP contribution in [-0.4, -0.2) is 16.8 Å². The van der Waals surface area contributed by atoms with Crippen LogP contribution in [0.15, 0.2) is 47.8 Å². The molecule has 2 heterocycles.